The molecule has 11 nitrogen and oxygen atoms in total. The first-order chi connectivity index (χ1) is 19.9. The lowest BCUT2D eigenvalue weighted by Crippen LogP contribution is -2.46. The average molecular weight is 584 g/mol. The molecule has 1 aliphatic carbocycles. The summed E-state index contributed by atoms with van der Waals surface area (Å²) in [5, 5.41) is 5.40. The number of rotatable bonds is 6. The first-order valence-corrected chi connectivity index (χ1v) is 15.2. The smallest absolute Gasteiger partial charge is 0.407 e. The van der Waals surface area contributed by atoms with Gasteiger partial charge in [-0.3, -0.25) is 24.0 Å². The standard InChI is InChI=1S/C31H45N5O6/c1-30(2,3)42-28(39)32-22-9-6-20(7-10-22)19-35-16-14-31(41-5,15-17-35)21-8-11-23-25(18-21)34(4)29(40)36(23)24-12-13-26(37)33-27(24)38/h8,11,18,20,22,24H,6-7,9-10,12-17,19H2,1-5H3,(H,32,39)(H,33,37,38). The van der Waals surface area contributed by atoms with Crippen LogP contribution >= 0.6 is 0 Å². The van der Waals surface area contributed by atoms with E-state index in [-0.39, 0.29) is 30.2 Å². The lowest BCUT2D eigenvalue weighted by Gasteiger charge is -2.43. The number of fused-ring (bicyclic) bond motifs is 1. The number of hydrogen-bond acceptors (Lipinski definition) is 7. The zero-order chi connectivity index (χ0) is 30.2. The Morgan fingerprint density at radius 2 is 1.74 bits per heavy atom. The molecule has 42 heavy (non-hydrogen) atoms. The normalized spacial score (nSPS) is 25.3. The van der Waals surface area contributed by atoms with E-state index < -0.39 is 23.2 Å². The number of nitrogens with one attached hydrogen (secondary N) is 2. The van der Waals surface area contributed by atoms with Crippen LogP contribution in [-0.4, -0.2) is 70.3 Å². The van der Waals surface area contributed by atoms with E-state index >= 15 is 0 Å². The monoisotopic (exact) mass is 583 g/mol. The number of carbonyl (C=O) groups is 3. The largest absolute Gasteiger partial charge is 0.444 e. The number of hydrogen-bond donors (Lipinski definition) is 2. The van der Waals surface area contributed by atoms with Gasteiger partial charge in [-0.1, -0.05) is 6.07 Å². The maximum atomic E-state index is 13.2. The number of methoxy groups -OCH3 is 1. The van der Waals surface area contributed by atoms with Gasteiger partial charge in [0.05, 0.1) is 16.6 Å². The van der Waals surface area contributed by atoms with Crippen molar-refractivity contribution in [3.05, 3.63) is 34.2 Å². The molecular formula is C31H45N5O6. The summed E-state index contributed by atoms with van der Waals surface area (Å²) in [6, 6.07) is 5.42. The molecule has 1 aromatic heterocycles. The van der Waals surface area contributed by atoms with Gasteiger partial charge in [0.1, 0.15) is 11.6 Å². The third-order valence-electron chi connectivity index (χ3n) is 9.28. The Balaban J connectivity index is 1.21. The van der Waals surface area contributed by atoms with Crippen LogP contribution in [0.4, 0.5) is 4.79 Å². The molecule has 0 bridgehead atoms. The fourth-order valence-electron chi connectivity index (χ4n) is 6.91. The molecule has 11 heteroatoms. The minimum atomic E-state index is -0.701. The SMILES string of the molecule is COC1(c2ccc3c(c2)n(C)c(=O)n3C2CCC(=O)NC2=O)CCN(CC2CCC(NC(=O)OC(C)(C)C)CC2)CC1. The van der Waals surface area contributed by atoms with Gasteiger partial charge < -0.3 is 19.7 Å². The van der Waals surface area contributed by atoms with Crippen LogP contribution < -0.4 is 16.3 Å². The Bertz CT molecular complexity index is 1390. The van der Waals surface area contributed by atoms with Crippen molar-refractivity contribution in [2.24, 2.45) is 13.0 Å². The number of amides is 3. The van der Waals surface area contributed by atoms with E-state index in [1.807, 2.05) is 39.0 Å². The predicted molar refractivity (Wildman–Crippen MR) is 158 cm³/mol. The fourth-order valence-corrected chi connectivity index (χ4v) is 6.91. The molecule has 3 heterocycles. The Morgan fingerprint density at radius 1 is 1.05 bits per heavy atom. The van der Waals surface area contributed by atoms with Gasteiger partial charge in [-0.05, 0) is 89.3 Å². The molecule has 1 unspecified atom stereocenters. The second kappa shape index (κ2) is 11.8. The first-order valence-electron chi connectivity index (χ1n) is 15.2. The van der Waals surface area contributed by atoms with Gasteiger partial charge >= 0.3 is 11.8 Å². The summed E-state index contributed by atoms with van der Waals surface area (Å²) in [6.45, 7) is 8.50. The van der Waals surface area contributed by atoms with E-state index in [1.165, 1.54) is 4.57 Å². The number of aromatic nitrogens is 2. The quantitative estimate of drug-likeness (QED) is 0.500. The molecule has 230 valence electrons. The highest BCUT2D eigenvalue weighted by molar-refractivity contribution is 6.00. The summed E-state index contributed by atoms with van der Waals surface area (Å²) in [7, 11) is 3.48. The molecule has 2 aliphatic heterocycles. The molecule has 0 spiro atoms. The van der Waals surface area contributed by atoms with Crippen LogP contribution in [0, 0.1) is 5.92 Å². The predicted octanol–water partition coefficient (Wildman–Crippen LogP) is 3.34. The Labute approximate surface area is 246 Å². The van der Waals surface area contributed by atoms with Crippen molar-refractivity contribution in [2.45, 2.75) is 95.4 Å². The second-order valence-corrected chi connectivity index (χ2v) is 13.2. The number of nitrogens with zero attached hydrogens (tertiary/aromatic N) is 3. The maximum absolute atomic E-state index is 13.2. The van der Waals surface area contributed by atoms with Crippen LogP contribution in [0.1, 0.15) is 83.7 Å². The third kappa shape index (κ3) is 6.27. The average Bonchev–Trinajstić information content (AvgIpc) is 3.18. The number of imide groups is 1. The zero-order valence-corrected chi connectivity index (χ0v) is 25.5. The molecule has 2 saturated heterocycles. The van der Waals surface area contributed by atoms with E-state index in [1.54, 1.807) is 18.7 Å². The van der Waals surface area contributed by atoms with Crippen LogP contribution in [-0.2, 0) is 31.7 Å². The molecule has 1 atom stereocenters. The minimum absolute atomic E-state index is 0.175. The number of benzene rings is 1. The Kier molecular flexibility index (Phi) is 8.53. The lowest BCUT2D eigenvalue weighted by molar-refractivity contribution is -0.135. The number of alkyl carbamates (subject to hydrolysis) is 1. The van der Waals surface area contributed by atoms with Crippen molar-refractivity contribution >= 4 is 28.9 Å². The van der Waals surface area contributed by atoms with Crippen LogP contribution in [0.15, 0.2) is 23.0 Å². The van der Waals surface area contributed by atoms with E-state index in [2.05, 4.69) is 15.5 Å². The molecule has 5 rings (SSSR count). The number of imidazole rings is 1. The van der Waals surface area contributed by atoms with Gasteiger partial charge in [0.25, 0.3) is 0 Å². The van der Waals surface area contributed by atoms with Crippen molar-refractivity contribution in [1.82, 2.24) is 24.7 Å². The highest BCUT2D eigenvalue weighted by Gasteiger charge is 2.38. The Hall–Kier alpha value is -3.18. The minimum Gasteiger partial charge on any atom is -0.444 e. The van der Waals surface area contributed by atoms with E-state index in [9.17, 15) is 19.2 Å². The second-order valence-electron chi connectivity index (χ2n) is 13.2. The van der Waals surface area contributed by atoms with Gasteiger partial charge in [0, 0.05) is 46.3 Å². The van der Waals surface area contributed by atoms with Crippen molar-refractivity contribution < 1.29 is 23.9 Å². The van der Waals surface area contributed by atoms with Gasteiger partial charge in [-0.15, -0.1) is 0 Å². The van der Waals surface area contributed by atoms with Gasteiger partial charge in [0.2, 0.25) is 11.8 Å². The number of carbonyl (C=O) groups excluding carboxylic acids is 3. The molecule has 2 N–H and O–H groups in total. The first kappa shape index (κ1) is 30.3. The molecule has 1 aromatic carbocycles. The number of ether oxygens (including phenoxy) is 2. The van der Waals surface area contributed by atoms with Gasteiger partial charge in [0.15, 0.2) is 0 Å². The van der Waals surface area contributed by atoms with E-state index in [0.717, 1.165) is 69.2 Å². The van der Waals surface area contributed by atoms with Crippen LogP contribution in [0.2, 0.25) is 0 Å². The van der Waals surface area contributed by atoms with Crippen LogP contribution in [0.3, 0.4) is 0 Å². The highest BCUT2D eigenvalue weighted by Crippen LogP contribution is 2.38. The maximum Gasteiger partial charge on any atom is 0.407 e. The van der Waals surface area contributed by atoms with Crippen LogP contribution in [0.5, 0.6) is 0 Å². The molecule has 3 fully saturated rings. The fraction of sp³-hybridized carbons (Fsp3) is 0.677. The van der Waals surface area contributed by atoms with Crippen molar-refractivity contribution in [3.63, 3.8) is 0 Å². The summed E-state index contributed by atoms with van der Waals surface area (Å²) >= 11 is 0. The van der Waals surface area contributed by atoms with Gasteiger partial charge in [-0.2, -0.15) is 0 Å². The summed E-state index contributed by atoms with van der Waals surface area (Å²) in [6.07, 6.45) is 5.98. The van der Waals surface area contributed by atoms with Crippen LogP contribution in [0.25, 0.3) is 11.0 Å². The molecular weight excluding hydrogens is 538 g/mol. The van der Waals surface area contributed by atoms with E-state index in [4.69, 9.17) is 9.47 Å². The van der Waals surface area contributed by atoms with Crippen molar-refractivity contribution in [1.29, 1.82) is 0 Å². The number of likely N-dealkylation sites (tertiary alicyclic amines) is 1. The van der Waals surface area contributed by atoms with E-state index in [0.29, 0.717) is 17.9 Å². The Morgan fingerprint density at radius 3 is 2.36 bits per heavy atom. The summed E-state index contributed by atoms with van der Waals surface area (Å²) < 4.78 is 14.7. The zero-order valence-electron chi connectivity index (χ0n) is 25.5. The topological polar surface area (TPSA) is 124 Å². The summed E-state index contributed by atoms with van der Waals surface area (Å²) in [4.78, 5) is 52.1. The molecule has 3 amide bonds. The summed E-state index contributed by atoms with van der Waals surface area (Å²) in [5.41, 5.74) is 1.25. The highest BCUT2D eigenvalue weighted by atomic mass is 16.6. The van der Waals surface area contributed by atoms with Gasteiger partial charge in [-0.25, -0.2) is 9.59 Å². The lowest BCUT2D eigenvalue weighted by atomic mass is 9.82. The number of aryl methyl sites for hydroxylation is 1. The van der Waals surface area contributed by atoms with Crippen molar-refractivity contribution in [2.75, 3.05) is 26.7 Å². The molecule has 0 radical (unpaired) electrons. The molecule has 1 saturated carbocycles. The third-order valence-corrected chi connectivity index (χ3v) is 9.28. The molecule has 2 aromatic rings. The van der Waals surface area contributed by atoms with Crippen molar-refractivity contribution in [3.8, 4) is 0 Å². The summed E-state index contributed by atoms with van der Waals surface area (Å²) in [5.74, 6) is -0.129. The molecule has 3 aliphatic rings. The number of piperidine rings is 2.